The average Bonchev–Trinajstić information content (AvgIpc) is 3.26. The van der Waals surface area contributed by atoms with Gasteiger partial charge in [-0.05, 0) is 24.1 Å². The summed E-state index contributed by atoms with van der Waals surface area (Å²) in [5.74, 6) is 2.93. The molecule has 2 fully saturated rings. The Kier molecular flexibility index (Phi) is 5.11. The Morgan fingerprint density at radius 2 is 1.96 bits per heavy atom. The van der Waals surface area contributed by atoms with Gasteiger partial charge in [0.05, 0.1) is 6.54 Å². The standard InChI is InChI=1S/C18H21N3O5S/c22-16(20-5-7-27-8-6-20)4-2-13-17(23)21(18(24)19-13)10-12-1-3-14-15(9-12)26-11-25-14/h1,3,9,13H,2,4-8,10-11H2,(H,19,24). The number of nitrogens with zero attached hydrogens (tertiary/aromatic N) is 2. The number of urea groups is 1. The number of hydrogen-bond acceptors (Lipinski definition) is 6. The second-order valence-electron chi connectivity index (χ2n) is 6.65. The predicted molar refractivity (Wildman–Crippen MR) is 98.6 cm³/mol. The number of rotatable bonds is 5. The van der Waals surface area contributed by atoms with Crippen molar-refractivity contribution >= 4 is 29.6 Å². The summed E-state index contributed by atoms with van der Waals surface area (Å²) in [5.41, 5.74) is 0.783. The maximum atomic E-state index is 12.6. The topological polar surface area (TPSA) is 88.2 Å². The van der Waals surface area contributed by atoms with Gasteiger partial charge in [0.15, 0.2) is 11.5 Å². The highest BCUT2D eigenvalue weighted by Crippen LogP contribution is 2.33. The van der Waals surface area contributed by atoms with Crippen LogP contribution in [-0.4, -0.2) is 65.1 Å². The maximum Gasteiger partial charge on any atom is 0.325 e. The van der Waals surface area contributed by atoms with Gasteiger partial charge in [0.25, 0.3) is 5.91 Å². The summed E-state index contributed by atoms with van der Waals surface area (Å²) < 4.78 is 10.6. The van der Waals surface area contributed by atoms with Crippen molar-refractivity contribution in [2.24, 2.45) is 0 Å². The van der Waals surface area contributed by atoms with Gasteiger partial charge in [0.2, 0.25) is 12.7 Å². The molecule has 0 bridgehead atoms. The fourth-order valence-corrected chi connectivity index (χ4v) is 4.29. The lowest BCUT2D eigenvalue weighted by molar-refractivity contribution is -0.131. The number of carbonyl (C=O) groups excluding carboxylic acids is 3. The van der Waals surface area contributed by atoms with E-state index in [9.17, 15) is 14.4 Å². The first-order valence-corrected chi connectivity index (χ1v) is 10.1. The van der Waals surface area contributed by atoms with Gasteiger partial charge in [-0.25, -0.2) is 4.79 Å². The summed E-state index contributed by atoms with van der Waals surface area (Å²) >= 11 is 1.84. The van der Waals surface area contributed by atoms with Crippen LogP contribution in [0.15, 0.2) is 18.2 Å². The van der Waals surface area contributed by atoms with Crippen molar-refractivity contribution in [3.8, 4) is 11.5 Å². The minimum atomic E-state index is -0.644. The highest BCUT2D eigenvalue weighted by atomic mass is 32.2. The van der Waals surface area contributed by atoms with Crippen LogP contribution in [0.2, 0.25) is 0 Å². The number of hydrogen-bond donors (Lipinski definition) is 1. The fraction of sp³-hybridized carbons (Fsp3) is 0.500. The lowest BCUT2D eigenvalue weighted by Gasteiger charge is -2.26. The number of ether oxygens (including phenoxy) is 2. The summed E-state index contributed by atoms with van der Waals surface area (Å²) in [4.78, 5) is 40.1. The van der Waals surface area contributed by atoms with E-state index in [1.165, 1.54) is 4.90 Å². The molecule has 1 aromatic rings. The van der Waals surface area contributed by atoms with E-state index in [2.05, 4.69) is 5.32 Å². The Morgan fingerprint density at radius 3 is 2.78 bits per heavy atom. The largest absolute Gasteiger partial charge is 0.454 e. The maximum absolute atomic E-state index is 12.6. The molecule has 1 unspecified atom stereocenters. The van der Waals surface area contributed by atoms with Crippen molar-refractivity contribution in [3.05, 3.63) is 23.8 Å². The van der Waals surface area contributed by atoms with Crippen LogP contribution in [0.1, 0.15) is 18.4 Å². The second-order valence-corrected chi connectivity index (χ2v) is 7.87. The fourth-order valence-electron chi connectivity index (χ4n) is 3.38. The Labute approximate surface area is 161 Å². The highest BCUT2D eigenvalue weighted by molar-refractivity contribution is 7.99. The van der Waals surface area contributed by atoms with E-state index in [1.807, 2.05) is 16.7 Å². The third-order valence-corrected chi connectivity index (χ3v) is 5.84. The molecule has 2 saturated heterocycles. The number of nitrogens with one attached hydrogen (secondary N) is 1. The zero-order valence-electron chi connectivity index (χ0n) is 14.8. The molecular formula is C18H21N3O5S. The summed E-state index contributed by atoms with van der Waals surface area (Å²) in [7, 11) is 0. The Morgan fingerprint density at radius 1 is 1.19 bits per heavy atom. The SMILES string of the molecule is O=C(CCC1NC(=O)N(Cc2ccc3c(c2)OCO3)C1=O)N1CCSCC1. The molecule has 4 rings (SSSR count). The lowest BCUT2D eigenvalue weighted by Crippen LogP contribution is -2.39. The molecule has 0 aromatic heterocycles. The van der Waals surface area contributed by atoms with Gasteiger partial charge in [-0.15, -0.1) is 0 Å². The molecule has 0 spiro atoms. The van der Waals surface area contributed by atoms with Crippen molar-refractivity contribution in [1.82, 2.24) is 15.1 Å². The normalized spacial score (nSPS) is 21.6. The Balaban J connectivity index is 1.33. The van der Waals surface area contributed by atoms with Gasteiger partial charge >= 0.3 is 6.03 Å². The van der Waals surface area contributed by atoms with E-state index >= 15 is 0 Å². The van der Waals surface area contributed by atoms with Crippen LogP contribution in [-0.2, 0) is 16.1 Å². The third kappa shape index (κ3) is 3.83. The molecule has 0 radical (unpaired) electrons. The highest BCUT2D eigenvalue weighted by Gasteiger charge is 2.38. The van der Waals surface area contributed by atoms with Gasteiger partial charge < -0.3 is 19.7 Å². The summed E-state index contributed by atoms with van der Waals surface area (Å²) in [6.07, 6.45) is 0.587. The molecule has 0 aliphatic carbocycles. The van der Waals surface area contributed by atoms with E-state index < -0.39 is 12.1 Å². The molecule has 0 saturated carbocycles. The molecule has 1 atom stereocenters. The van der Waals surface area contributed by atoms with Crippen LogP contribution in [0, 0.1) is 0 Å². The second kappa shape index (κ2) is 7.67. The average molecular weight is 391 g/mol. The monoisotopic (exact) mass is 391 g/mol. The van der Waals surface area contributed by atoms with Gasteiger partial charge in [-0.1, -0.05) is 6.07 Å². The molecule has 144 valence electrons. The smallest absolute Gasteiger partial charge is 0.325 e. The van der Waals surface area contributed by atoms with Crippen LogP contribution in [0.4, 0.5) is 4.79 Å². The molecule has 27 heavy (non-hydrogen) atoms. The summed E-state index contributed by atoms with van der Waals surface area (Å²) in [5, 5.41) is 2.69. The van der Waals surface area contributed by atoms with Gasteiger partial charge in [-0.2, -0.15) is 11.8 Å². The Hall–Kier alpha value is -2.42. The van der Waals surface area contributed by atoms with Crippen molar-refractivity contribution in [3.63, 3.8) is 0 Å². The molecule has 9 heteroatoms. The van der Waals surface area contributed by atoms with Crippen molar-refractivity contribution in [2.45, 2.75) is 25.4 Å². The minimum Gasteiger partial charge on any atom is -0.454 e. The first-order chi connectivity index (χ1) is 13.1. The van der Waals surface area contributed by atoms with E-state index in [4.69, 9.17) is 9.47 Å². The Bertz CT molecular complexity index is 765. The molecule has 3 aliphatic rings. The molecule has 3 aliphatic heterocycles. The number of carbonyl (C=O) groups is 3. The van der Waals surface area contributed by atoms with Crippen molar-refractivity contribution < 1.29 is 23.9 Å². The third-order valence-electron chi connectivity index (χ3n) is 4.90. The number of imide groups is 1. The first-order valence-electron chi connectivity index (χ1n) is 8.98. The first kappa shape index (κ1) is 18.0. The molecule has 3 heterocycles. The van der Waals surface area contributed by atoms with E-state index in [1.54, 1.807) is 18.2 Å². The minimum absolute atomic E-state index is 0.0477. The zero-order valence-corrected chi connectivity index (χ0v) is 15.6. The van der Waals surface area contributed by atoms with Crippen LogP contribution < -0.4 is 14.8 Å². The van der Waals surface area contributed by atoms with E-state index in [0.29, 0.717) is 17.9 Å². The van der Waals surface area contributed by atoms with Gasteiger partial charge in [0, 0.05) is 31.0 Å². The van der Waals surface area contributed by atoms with Crippen molar-refractivity contribution in [1.29, 1.82) is 0 Å². The molecule has 4 amide bonds. The van der Waals surface area contributed by atoms with Gasteiger partial charge in [0.1, 0.15) is 6.04 Å². The number of amides is 4. The van der Waals surface area contributed by atoms with Crippen LogP contribution in [0.5, 0.6) is 11.5 Å². The van der Waals surface area contributed by atoms with E-state index in [-0.39, 0.29) is 31.6 Å². The van der Waals surface area contributed by atoms with E-state index in [0.717, 1.165) is 30.2 Å². The molecule has 1 N–H and O–H groups in total. The quantitative estimate of drug-likeness (QED) is 0.759. The van der Waals surface area contributed by atoms with Crippen LogP contribution in [0.3, 0.4) is 0 Å². The summed E-state index contributed by atoms with van der Waals surface area (Å²) in [6, 6.07) is 4.27. The van der Waals surface area contributed by atoms with Crippen molar-refractivity contribution in [2.75, 3.05) is 31.4 Å². The lowest BCUT2D eigenvalue weighted by atomic mass is 10.1. The van der Waals surface area contributed by atoms with Crippen LogP contribution >= 0.6 is 11.8 Å². The summed E-state index contributed by atoms with van der Waals surface area (Å²) in [6.45, 7) is 1.85. The number of benzene rings is 1. The van der Waals surface area contributed by atoms with Crippen LogP contribution in [0.25, 0.3) is 0 Å². The molecular weight excluding hydrogens is 370 g/mol. The number of thioether (sulfide) groups is 1. The number of fused-ring (bicyclic) bond motifs is 1. The molecule has 8 nitrogen and oxygen atoms in total. The van der Waals surface area contributed by atoms with Gasteiger partial charge in [-0.3, -0.25) is 14.5 Å². The molecule has 1 aromatic carbocycles. The predicted octanol–water partition coefficient (Wildman–Crippen LogP) is 1.19. The zero-order chi connectivity index (χ0) is 18.8.